The fraction of sp³-hybridized carbons (Fsp3) is 1.00. The molecule has 2 nitrogen and oxygen atoms in total. The molecule has 0 aromatic heterocycles. The molecule has 14 heavy (non-hydrogen) atoms. The van der Waals surface area contributed by atoms with E-state index in [-0.39, 0.29) is 0 Å². The molecule has 84 valence electrons. The van der Waals surface area contributed by atoms with Crippen LogP contribution in [0, 0.1) is 5.92 Å². The summed E-state index contributed by atoms with van der Waals surface area (Å²) in [6.07, 6.45) is 8.20. The van der Waals surface area contributed by atoms with Crippen molar-refractivity contribution in [3.63, 3.8) is 0 Å². The van der Waals surface area contributed by atoms with E-state index in [4.69, 9.17) is 5.11 Å². The van der Waals surface area contributed by atoms with Gasteiger partial charge in [-0.1, -0.05) is 32.6 Å². The molecule has 1 aliphatic rings. The molecule has 2 heteroatoms. The smallest absolute Gasteiger partial charge is 0.0471 e. The Labute approximate surface area is 88.1 Å². The van der Waals surface area contributed by atoms with Crippen molar-refractivity contribution in [1.82, 2.24) is 5.32 Å². The van der Waals surface area contributed by atoms with Gasteiger partial charge in [0.05, 0.1) is 0 Å². The zero-order chi connectivity index (χ0) is 10.4. The molecular weight excluding hydrogens is 174 g/mol. The standard InChI is InChI=1S/C12H25NO/c1-10(9-14)11(2)13-12-7-5-3-4-6-8-12/h10-14H,3-9H2,1-2H3. The average molecular weight is 199 g/mol. The number of nitrogens with one attached hydrogen (secondary N) is 1. The normalized spacial score (nSPS) is 24.2. The third kappa shape index (κ3) is 3.97. The van der Waals surface area contributed by atoms with Crippen molar-refractivity contribution in [1.29, 1.82) is 0 Å². The molecule has 0 aromatic rings. The lowest BCUT2D eigenvalue weighted by molar-refractivity contribution is 0.198. The van der Waals surface area contributed by atoms with Gasteiger partial charge in [0.2, 0.25) is 0 Å². The predicted molar refractivity (Wildman–Crippen MR) is 60.3 cm³/mol. The fourth-order valence-electron chi connectivity index (χ4n) is 2.14. The Hall–Kier alpha value is -0.0800. The van der Waals surface area contributed by atoms with Crippen molar-refractivity contribution in [2.24, 2.45) is 5.92 Å². The van der Waals surface area contributed by atoms with Crippen molar-refractivity contribution in [2.75, 3.05) is 6.61 Å². The highest BCUT2D eigenvalue weighted by Crippen LogP contribution is 2.18. The molecule has 1 saturated carbocycles. The maximum atomic E-state index is 9.05. The zero-order valence-corrected chi connectivity index (χ0v) is 9.63. The minimum atomic E-state index is 0.293. The quantitative estimate of drug-likeness (QED) is 0.681. The van der Waals surface area contributed by atoms with Crippen molar-refractivity contribution < 1.29 is 5.11 Å². The second-order valence-corrected chi connectivity index (χ2v) is 4.80. The van der Waals surface area contributed by atoms with Gasteiger partial charge in [-0.15, -0.1) is 0 Å². The van der Waals surface area contributed by atoms with E-state index in [9.17, 15) is 0 Å². The Morgan fingerprint density at radius 2 is 1.71 bits per heavy atom. The molecular formula is C12H25NO. The lowest BCUT2D eigenvalue weighted by atomic mass is 10.0. The van der Waals surface area contributed by atoms with E-state index in [0.717, 1.165) is 0 Å². The number of rotatable bonds is 4. The molecule has 0 radical (unpaired) electrons. The Morgan fingerprint density at radius 3 is 2.21 bits per heavy atom. The summed E-state index contributed by atoms with van der Waals surface area (Å²) in [6, 6.07) is 1.14. The van der Waals surface area contributed by atoms with Crippen molar-refractivity contribution in [3.05, 3.63) is 0 Å². The van der Waals surface area contributed by atoms with Crippen molar-refractivity contribution in [2.45, 2.75) is 64.5 Å². The van der Waals surface area contributed by atoms with Crippen molar-refractivity contribution in [3.8, 4) is 0 Å². The topological polar surface area (TPSA) is 32.3 Å². The molecule has 0 aromatic carbocycles. The van der Waals surface area contributed by atoms with Crippen LogP contribution in [-0.2, 0) is 0 Å². The summed E-state index contributed by atoms with van der Waals surface area (Å²) in [7, 11) is 0. The van der Waals surface area contributed by atoms with Gasteiger partial charge in [0.15, 0.2) is 0 Å². The number of aliphatic hydroxyl groups excluding tert-OH is 1. The first-order chi connectivity index (χ1) is 6.74. The Bertz CT molecular complexity index is 141. The SMILES string of the molecule is CC(CO)C(C)NC1CCCCCC1. The maximum Gasteiger partial charge on any atom is 0.0471 e. The minimum Gasteiger partial charge on any atom is -0.396 e. The van der Waals surface area contributed by atoms with Crippen LogP contribution in [0.4, 0.5) is 0 Å². The molecule has 0 aliphatic heterocycles. The van der Waals surface area contributed by atoms with Gasteiger partial charge in [-0.05, 0) is 25.7 Å². The predicted octanol–water partition coefficient (Wildman–Crippen LogP) is 2.32. The van der Waals surface area contributed by atoms with Crippen LogP contribution in [0.3, 0.4) is 0 Å². The third-order valence-corrected chi connectivity index (χ3v) is 3.50. The summed E-state index contributed by atoms with van der Waals surface area (Å²) in [5.74, 6) is 0.373. The van der Waals surface area contributed by atoms with Gasteiger partial charge in [0.25, 0.3) is 0 Å². The van der Waals surface area contributed by atoms with E-state index in [1.807, 2.05) is 0 Å². The Kier molecular flexibility index (Phi) is 5.49. The second kappa shape index (κ2) is 6.41. The average Bonchev–Trinajstić information content (AvgIpc) is 2.45. The first-order valence-corrected chi connectivity index (χ1v) is 6.11. The van der Waals surface area contributed by atoms with Crippen LogP contribution in [0.5, 0.6) is 0 Å². The van der Waals surface area contributed by atoms with E-state index in [1.54, 1.807) is 0 Å². The van der Waals surface area contributed by atoms with Crippen LogP contribution in [-0.4, -0.2) is 23.8 Å². The molecule has 2 N–H and O–H groups in total. The van der Waals surface area contributed by atoms with Gasteiger partial charge in [-0.25, -0.2) is 0 Å². The highest BCUT2D eigenvalue weighted by atomic mass is 16.3. The lowest BCUT2D eigenvalue weighted by Gasteiger charge is -2.25. The van der Waals surface area contributed by atoms with E-state index >= 15 is 0 Å². The molecule has 2 unspecified atom stereocenters. The largest absolute Gasteiger partial charge is 0.396 e. The molecule has 0 spiro atoms. The highest BCUT2D eigenvalue weighted by molar-refractivity contribution is 4.76. The Balaban J connectivity index is 2.26. The molecule has 0 heterocycles. The number of hydrogen-bond donors (Lipinski definition) is 2. The molecule has 2 atom stereocenters. The van der Waals surface area contributed by atoms with Crippen LogP contribution in [0.25, 0.3) is 0 Å². The third-order valence-electron chi connectivity index (χ3n) is 3.50. The van der Waals surface area contributed by atoms with Crippen LogP contribution >= 0.6 is 0 Å². The summed E-state index contributed by atoms with van der Waals surface area (Å²) < 4.78 is 0. The Morgan fingerprint density at radius 1 is 1.14 bits per heavy atom. The number of aliphatic hydroxyl groups is 1. The van der Waals surface area contributed by atoms with E-state index in [1.165, 1.54) is 38.5 Å². The van der Waals surface area contributed by atoms with Gasteiger partial charge in [-0.3, -0.25) is 0 Å². The lowest BCUT2D eigenvalue weighted by Crippen LogP contribution is -2.41. The van der Waals surface area contributed by atoms with Crippen molar-refractivity contribution >= 4 is 0 Å². The highest BCUT2D eigenvalue weighted by Gasteiger charge is 2.17. The van der Waals surface area contributed by atoms with Gasteiger partial charge >= 0.3 is 0 Å². The maximum absolute atomic E-state index is 9.05. The van der Waals surface area contributed by atoms with Crippen LogP contribution < -0.4 is 5.32 Å². The van der Waals surface area contributed by atoms with E-state index in [0.29, 0.717) is 24.6 Å². The molecule has 0 amide bonds. The minimum absolute atomic E-state index is 0.293. The van der Waals surface area contributed by atoms with Gasteiger partial charge < -0.3 is 10.4 Å². The molecule has 0 saturated heterocycles. The summed E-state index contributed by atoms with van der Waals surface area (Å²) in [5, 5.41) is 12.7. The van der Waals surface area contributed by atoms with Crippen LogP contribution in [0.2, 0.25) is 0 Å². The zero-order valence-electron chi connectivity index (χ0n) is 9.63. The fourth-order valence-corrected chi connectivity index (χ4v) is 2.14. The first-order valence-electron chi connectivity index (χ1n) is 6.11. The molecule has 0 bridgehead atoms. The summed E-state index contributed by atoms with van der Waals surface area (Å²) in [4.78, 5) is 0. The molecule has 1 fully saturated rings. The second-order valence-electron chi connectivity index (χ2n) is 4.80. The summed E-state index contributed by atoms with van der Waals surface area (Å²) in [5.41, 5.74) is 0. The van der Waals surface area contributed by atoms with Crippen LogP contribution in [0.1, 0.15) is 52.4 Å². The van der Waals surface area contributed by atoms with Gasteiger partial charge in [0.1, 0.15) is 0 Å². The monoisotopic (exact) mass is 199 g/mol. The first kappa shape index (κ1) is 12.0. The van der Waals surface area contributed by atoms with Gasteiger partial charge in [0, 0.05) is 18.7 Å². The molecule has 1 aliphatic carbocycles. The van der Waals surface area contributed by atoms with E-state index in [2.05, 4.69) is 19.2 Å². The van der Waals surface area contributed by atoms with E-state index < -0.39 is 0 Å². The molecule has 1 rings (SSSR count). The number of hydrogen-bond acceptors (Lipinski definition) is 2. The van der Waals surface area contributed by atoms with Crippen LogP contribution in [0.15, 0.2) is 0 Å². The summed E-state index contributed by atoms with van der Waals surface area (Å²) in [6.45, 7) is 4.58. The van der Waals surface area contributed by atoms with Gasteiger partial charge in [-0.2, -0.15) is 0 Å². The summed E-state index contributed by atoms with van der Waals surface area (Å²) >= 11 is 0.